The quantitative estimate of drug-likeness (QED) is 0.898. The summed E-state index contributed by atoms with van der Waals surface area (Å²) >= 11 is 0. The van der Waals surface area contributed by atoms with Gasteiger partial charge in [-0.2, -0.15) is 0 Å². The number of benzene rings is 2. The highest BCUT2D eigenvalue weighted by atomic mass is 16.4. The van der Waals surface area contributed by atoms with E-state index in [0.29, 0.717) is 0 Å². The zero-order valence-corrected chi connectivity index (χ0v) is 11.3. The maximum Gasteiger partial charge on any atom is 0.335 e. The van der Waals surface area contributed by atoms with Crippen molar-refractivity contribution < 1.29 is 9.90 Å². The minimum absolute atomic E-state index is 0.288. The van der Waals surface area contributed by atoms with Gasteiger partial charge >= 0.3 is 5.97 Å². The molecule has 1 aliphatic rings. The number of fused-ring (bicyclic) bond motifs is 1. The first-order valence-corrected chi connectivity index (χ1v) is 6.58. The normalized spacial score (nSPS) is 13.2. The van der Waals surface area contributed by atoms with Crippen LogP contribution < -0.4 is 10.2 Å². The van der Waals surface area contributed by atoms with Gasteiger partial charge in [0.25, 0.3) is 0 Å². The van der Waals surface area contributed by atoms with Crippen LogP contribution in [0.5, 0.6) is 0 Å². The molecule has 4 nitrogen and oxygen atoms in total. The second-order valence-corrected chi connectivity index (χ2v) is 5.03. The molecule has 20 heavy (non-hydrogen) atoms. The summed E-state index contributed by atoms with van der Waals surface area (Å²) in [5.74, 6) is -0.913. The van der Waals surface area contributed by atoms with E-state index in [0.717, 1.165) is 24.3 Å². The predicted molar refractivity (Wildman–Crippen MR) is 80.1 cm³/mol. The van der Waals surface area contributed by atoms with Gasteiger partial charge in [-0.1, -0.05) is 6.07 Å². The highest BCUT2D eigenvalue weighted by Crippen LogP contribution is 2.30. The van der Waals surface area contributed by atoms with Gasteiger partial charge in [0.2, 0.25) is 0 Å². The van der Waals surface area contributed by atoms with Crippen molar-refractivity contribution in [3.8, 4) is 0 Å². The van der Waals surface area contributed by atoms with Gasteiger partial charge in [-0.15, -0.1) is 0 Å². The lowest BCUT2D eigenvalue weighted by molar-refractivity contribution is 0.0697. The number of nitrogens with one attached hydrogen (secondary N) is 1. The third kappa shape index (κ3) is 2.32. The maximum absolute atomic E-state index is 11.0. The molecule has 102 valence electrons. The molecule has 4 heteroatoms. The van der Waals surface area contributed by atoms with Crippen LogP contribution >= 0.6 is 0 Å². The smallest absolute Gasteiger partial charge is 0.335 e. The van der Waals surface area contributed by atoms with Gasteiger partial charge in [-0.05, 0) is 48.4 Å². The first-order valence-electron chi connectivity index (χ1n) is 6.58. The Balaban J connectivity index is 1.85. The van der Waals surface area contributed by atoms with E-state index < -0.39 is 5.97 Å². The summed E-state index contributed by atoms with van der Waals surface area (Å²) in [4.78, 5) is 13.2. The van der Waals surface area contributed by atoms with Crippen LogP contribution in [0.1, 0.15) is 15.9 Å². The highest BCUT2D eigenvalue weighted by molar-refractivity contribution is 5.89. The van der Waals surface area contributed by atoms with Crippen molar-refractivity contribution in [2.45, 2.75) is 6.42 Å². The molecule has 2 aromatic rings. The number of carboxylic acid groups (broad SMARTS) is 1. The van der Waals surface area contributed by atoms with Gasteiger partial charge < -0.3 is 15.3 Å². The number of carboxylic acids is 1. The van der Waals surface area contributed by atoms with E-state index in [1.54, 1.807) is 18.2 Å². The number of hydrogen-bond acceptors (Lipinski definition) is 3. The van der Waals surface area contributed by atoms with E-state index in [1.165, 1.54) is 11.3 Å². The molecule has 0 spiro atoms. The number of likely N-dealkylation sites (N-methyl/N-ethyl adjacent to an activating group) is 1. The van der Waals surface area contributed by atoms with Crippen molar-refractivity contribution in [1.29, 1.82) is 0 Å². The van der Waals surface area contributed by atoms with Crippen molar-refractivity contribution in [2.75, 3.05) is 23.8 Å². The number of anilines is 3. The number of hydrogen-bond donors (Lipinski definition) is 2. The molecule has 2 N–H and O–H groups in total. The van der Waals surface area contributed by atoms with Crippen LogP contribution in [0.4, 0.5) is 17.1 Å². The minimum atomic E-state index is -0.913. The summed E-state index contributed by atoms with van der Waals surface area (Å²) in [6, 6.07) is 13.1. The van der Waals surface area contributed by atoms with Crippen molar-refractivity contribution >= 4 is 23.0 Å². The van der Waals surface area contributed by atoms with Gasteiger partial charge in [0.05, 0.1) is 5.56 Å². The molecule has 0 fully saturated rings. The lowest BCUT2D eigenvalue weighted by Crippen LogP contribution is -2.12. The SMILES string of the molecule is CN1CCc2cc(Nc3cccc(C(=O)O)c3)ccc21. The topological polar surface area (TPSA) is 52.6 Å². The molecule has 3 rings (SSSR count). The van der Waals surface area contributed by atoms with E-state index in [1.807, 2.05) is 12.1 Å². The summed E-state index contributed by atoms with van der Waals surface area (Å²) in [6.45, 7) is 1.05. The molecule has 0 saturated heterocycles. The summed E-state index contributed by atoms with van der Waals surface area (Å²) in [6.07, 6.45) is 1.05. The van der Waals surface area contributed by atoms with Gasteiger partial charge in [0.15, 0.2) is 0 Å². The molecule has 0 saturated carbocycles. The molecule has 0 bridgehead atoms. The van der Waals surface area contributed by atoms with E-state index in [4.69, 9.17) is 5.11 Å². The molecule has 1 aliphatic heterocycles. The maximum atomic E-state index is 11.0. The Hall–Kier alpha value is -2.49. The van der Waals surface area contributed by atoms with Crippen LogP contribution in [-0.2, 0) is 6.42 Å². The van der Waals surface area contributed by atoms with E-state index in [-0.39, 0.29) is 5.56 Å². The van der Waals surface area contributed by atoms with Crippen LogP contribution in [0.3, 0.4) is 0 Å². The van der Waals surface area contributed by atoms with E-state index >= 15 is 0 Å². The Kier molecular flexibility index (Phi) is 3.06. The first kappa shape index (κ1) is 12.5. The largest absolute Gasteiger partial charge is 0.478 e. The average Bonchev–Trinajstić information content (AvgIpc) is 2.80. The predicted octanol–water partition coefficient (Wildman–Crippen LogP) is 3.12. The molecule has 0 radical (unpaired) electrons. The first-order chi connectivity index (χ1) is 9.63. The Labute approximate surface area is 117 Å². The molecule has 0 aromatic heterocycles. The monoisotopic (exact) mass is 268 g/mol. The third-order valence-corrected chi connectivity index (χ3v) is 3.61. The lowest BCUT2D eigenvalue weighted by Gasteiger charge is -2.13. The zero-order chi connectivity index (χ0) is 14.1. The van der Waals surface area contributed by atoms with Gasteiger partial charge in [0.1, 0.15) is 0 Å². The summed E-state index contributed by atoms with van der Waals surface area (Å²) in [7, 11) is 2.09. The fourth-order valence-electron chi connectivity index (χ4n) is 2.54. The second-order valence-electron chi connectivity index (χ2n) is 5.03. The molecule has 1 heterocycles. The Morgan fingerprint density at radius 1 is 1.20 bits per heavy atom. The van der Waals surface area contributed by atoms with Crippen LogP contribution in [0, 0.1) is 0 Å². The Morgan fingerprint density at radius 2 is 2.00 bits per heavy atom. The van der Waals surface area contributed by atoms with Gasteiger partial charge in [-0.3, -0.25) is 0 Å². The van der Waals surface area contributed by atoms with E-state index in [2.05, 4.69) is 29.4 Å². The fourth-order valence-corrected chi connectivity index (χ4v) is 2.54. The molecule has 0 aliphatic carbocycles. The number of aromatic carboxylic acids is 1. The van der Waals surface area contributed by atoms with Crippen LogP contribution in [0.15, 0.2) is 42.5 Å². The number of nitrogens with zero attached hydrogens (tertiary/aromatic N) is 1. The lowest BCUT2D eigenvalue weighted by atomic mass is 10.1. The zero-order valence-electron chi connectivity index (χ0n) is 11.3. The Bertz CT molecular complexity index is 667. The van der Waals surface area contributed by atoms with Crippen molar-refractivity contribution in [2.24, 2.45) is 0 Å². The molecule has 0 unspecified atom stereocenters. The summed E-state index contributed by atoms with van der Waals surface area (Å²) in [5.41, 5.74) is 4.66. The Morgan fingerprint density at radius 3 is 2.80 bits per heavy atom. The molecular formula is C16H16N2O2. The van der Waals surface area contributed by atoms with Gasteiger partial charge in [-0.25, -0.2) is 4.79 Å². The van der Waals surface area contributed by atoms with Gasteiger partial charge in [0, 0.05) is 30.7 Å². The number of carbonyl (C=O) groups is 1. The summed E-state index contributed by atoms with van der Waals surface area (Å²) < 4.78 is 0. The molecular weight excluding hydrogens is 252 g/mol. The number of rotatable bonds is 3. The van der Waals surface area contributed by atoms with Crippen molar-refractivity contribution in [3.05, 3.63) is 53.6 Å². The van der Waals surface area contributed by atoms with Crippen LogP contribution in [0.2, 0.25) is 0 Å². The standard InChI is InChI=1S/C16H16N2O2/c1-18-8-7-11-9-14(5-6-15(11)18)17-13-4-2-3-12(10-13)16(19)20/h2-6,9-10,17H,7-8H2,1H3,(H,19,20). The highest BCUT2D eigenvalue weighted by Gasteiger charge is 2.15. The summed E-state index contributed by atoms with van der Waals surface area (Å²) in [5, 5.41) is 12.3. The third-order valence-electron chi connectivity index (χ3n) is 3.61. The van der Waals surface area contributed by atoms with Crippen molar-refractivity contribution in [1.82, 2.24) is 0 Å². The van der Waals surface area contributed by atoms with Crippen LogP contribution in [0.25, 0.3) is 0 Å². The average molecular weight is 268 g/mol. The second kappa shape index (κ2) is 4.89. The van der Waals surface area contributed by atoms with E-state index in [9.17, 15) is 4.79 Å². The fraction of sp³-hybridized carbons (Fsp3) is 0.188. The minimum Gasteiger partial charge on any atom is -0.478 e. The molecule has 0 atom stereocenters. The van der Waals surface area contributed by atoms with Crippen molar-refractivity contribution in [3.63, 3.8) is 0 Å². The van der Waals surface area contributed by atoms with Crippen LogP contribution in [-0.4, -0.2) is 24.7 Å². The molecule has 0 amide bonds. The molecule has 2 aromatic carbocycles.